The van der Waals surface area contributed by atoms with Crippen molar-refractivity contribution in [3.63, 3.8) is 0 Å². The number of nitrogens with zero attached hydrogens (tertiary/aromatic N) is 2. The van der Waals surface area contributed by atoms with Gasteiger partial charge in [0.1, 0.15) is 0 Å². The highest BCUT2D eigenvalue weighted by molar-refractivity contribution is 7.99. The Morgan fingerprint density at radius 3 is 2.82 bits per heavy atom. The number of fused-ring (bicyclic) bond motifs is 2. The van der Waals surface area contributed by atoms with Gasteiger partial charge in [-0.3, -0.25) is 14.2 Å². The number of hydrogen-bond acceptors (Lipinski definition) is 6. The van der Waals surface area contributed by atoms with Gasteiger partial charge in [0, 0.05) is 23.4 Å². The fourth-order valence-corrected chi connectivity index (χ4v) is 4.79. The third-order valence-electron chi connectivity index (χ3n) is 4.97. The van der Waals surface area contributed by atoms with E-state index in [9.17, 15) is 14.4 Å². The minimum absolute atomic E-state index is 0.0130. The third kappa shape index (κ3) is 3.56. The van der Waals surface area contributed by atoms with Gasteiger partial charge in [-0.25, -0.2) is 9.78 Å². The van der Waals surface area contributed by atoms with Gasteiger partial charge in [-0.05, 0) is 50.5 Å². The quantitative estimate of drug-likeness (QED) is 0.614. The van der Waals surface area contributed by atoms with Gasteiger partial charge in [-0.2, -0.15) is 0 Å². The lowest BCUT2D eigenvalue weighted by molar-refractivity contribution is -0.116. The number of anilines is 1. The maximum atomic E-state index is 12.8. The summed E-state index contributed by atoms with van der Waals surface area (Å²) in [6.07, 6.45) is 2.82. The Morgan fingerprint density at radius 2 is 2.07 bits per heavy atom. The number of esters is 1. The van der Waals surface area contributed by atoms with Crippen molar-refractivity contribution in [2.24, 2.45) is 0 Å². The van der Waals surface area contributed by atoms with E-state index < -0.39 is 0 Å². The number of rotatable bonds is 5. The molecule has 2 heterocycles. The first kappa shape index (κ1) is 18.7. The van der Waals surface area contributed by atoms with Crippen LogP contribution in [0.25, 0.3) is 0 Å². The molecule has 1 unspecified atom stereocenters. The van der Waals surface area contributed by atoms with Gasteiger partial charge in [0.05, 0.1) is 23.9 Å². The summed E-state index contributed by atoms with van der Waals surface area (Å²) in [5.74, 6) is 0.106. The summed E-state index contributed by atoms with van der Waals surface area (Å²) >= 11 is 1.53. The van der Waals surface area contributed by atoms with Crippen LogP contribution in [0, 0.1) is 0 Å². The van der Waals surface area contributed by atoms with Crippen LogP contribution in [0.4, 0.5) is 5.69 Å². The Balaban J connectivity index is 1.43. The number of nitrogens with one attached hydrogen (secondary N) is 1. The van der Waals surface area contributed by atoms with Crippen molar-refractivity contribution in [2.45, 2.75) is 43.8 Å². The SMILES string of the molecule is CCOC(=O)c1ccc(NC(=O)CC2CSc3nc4c(c(=O)n32)CCC4)cc1. The number of aromatic nitrogens is 2. The molecule has 7 nitrogen and oxygen atoms in total. The fourth-order valence-electron chi connectivity index (χ4n) is 3.63. The Morgan fingerprint density at radius 1 is 1.29 bits per heavy atom. The fraction of sp³-hybridized carbons (Fsp3) is 0.400. The van der Waals surface area contributed by atoms with E-state index in [2.05, 4.69) is 10.3 Å². The highest BCUT2D eigenvalue weighted by Gasteiger charge is 2.31. The van der Waals surface area contributed by atoms with Crippen LogP contribution in [0.15, 0.2) is 34.2 Å². The van der Waals surface area contributed by atoms with Crippen molar-refractivity contribution in [2.75, 3.05) is 17.7 Å². The molecule has 2 aliphatic rings. The van der Waals surface area contributed by atoms with Crippen molar-refractivity contribution in [3.8, 4) is 0 Å². The Labute approximate surface area is 166 Å². The molecular weight excluding hydrogens is 378 g/mol. The first-order valence-electron chi connectivity index (χ1n) is 9.41. The molecule has 1 aromatic heterocycles. The molecule has 1 N–H and O–H groups in total. The number of benzene rings is 1. The van der Waals surface area contributed by atoms with Crippen LogP contribution in [0.5, 0.6) is 0 Å². The molecule has 0 spiro atoms. The summed E-state index contributed by atoms with van der Waals surface area (Å²) in [6.45, 7) is 2.07. The maximum Gasteiger partial charge on any atom is 0.338 e. The van der Waals surface area contributed by atoms with Gasteiger partial charge >= 0.3 is 5.97 Å². The second-order valence-electron chi connectivity index (χ2n) is 6.86. The zero-order chi connectivity index (χ0) is 19.7. The van der Waals surface area contributed by atoms with Crippen LogP contribution >= 0.6 is 11.8 Å². The second-order valence-corrected chi connectivity index (χ2v) is 7.85. The number of carbonyl (C=O) groups is 2. The van der Waals surface area contributed by atoms with E-state index in [0.29, 0.717) is 23.6 Å². The van der Waals surface area contributed by atoms with Crippen LogP contribution in [0.1, 0.15) is 47.4 Å². The number of hydrogen-bond donors (Lipinski definition) is 1. The van der Waals surface area contributed by atoms with E-state index >= 15 is 0 Å². The van der Waals surface area contributed by atoms with E-state index in [4.69, 9.17) is 4.74 Å². The van der Waals surface area contributed by atoms with Crippen LogP contribution in [-0.2, 0) is 22.4 Å². The molecule has 28 heavy (non-hydrogen) atoms. The molecule has 1 atom stereocenters. The zero-order valence-corrected chi connectivity index (χ0v) is 16.4. The Hall–Kier alpha value is -2.61. The second kappa shape index (κ2) is 7.79. The minimum Gasteiger partial charge on any atom is -0.462 e. The van der Waals surface area contributed by atoms with Gasteiger partial charge in [-0.15, -0.1) is 0 Å². The monoisotopic (exact) mass is 399 g/mol. The number of aryl methyl sites for hydroxylation is 1. The molecule has 1 aliphatic heterocycles. The molecule has 1 amide bonds. The summed E-state index contributed by atoms with van der Waals surface area (Å²) in [5, 5.41) is 3.56. The molecule has 0 fully saturated rings. The van der Waals surface area contributed by atoms with Crippen LogP contribution < -0.4 is 10.9 Å². The number of amides is 1. The van der Waals surface area contributed by atoms with E-state index in [1.54, 1.807) is 35.8 Å². The average Bonchev–Trinajstić information content (AvgIpc) is 3.30. The van der Waals surface area contributed by atoms with Crippen LogP contribution in [0.3, 0.4) is 0 Å². The summed E-state index contributed by atoms with van der Waals surface area (Å²) < 4.78 is 6.64. The van der Waals surface area contributed by atoms with Crippen molar-refractivity contribution in [3.05, 3.63) is 51.4 Å². The summed E-state index contributed by atoms with van der Waals surface area (Å²) in [4.78, 5) is 41.6. The van der Waals surface area contributed by atoms with Crippen molar-refractivity contribution in [1.82, 2.24) is 9.55 Å². The summed E-state index contributed by atoms with van der Waals surface area (Å²) in [5.41, 5.74) is 2.79. The van der Waals surface area contributed by atoms with Gasteiger partial charge in [0.2, 0.25) is 5.91 Å². The predicted octanol–water partition coefficient (Wildman–Crippen LogP) is 2.58. The first-order valence-corrected chi connectivity index (χ1v) is 10.4. The summed E-state index contributed by atoms with van der Waals surface area (Å²) in [6, 6.07) is 6.38. The largest absolute Gasteiger partial charge is 0.462 e. The summed E-state index contributed by atoms with van der Waals surface area (Å²) in [7, 11) is 0. The zero-order valence-electron chi connectivity index (χ0n) is 15.6. The number of ether oxygens (including phenoxy) is 1. The smallest absolute Gasteiger partial charge is 0.338 e. The van der Waals surface area contributed by atoms with Gasteiger partial charge in [-0.1, -0.05) is 11.8 Å². The highest BCUT2D eigenvalue weighted by atomic mass is 32.2. The lowest BCUT2D eigenvalue weighted by Crippen LogP contribution is -2.30. The lowest BCUT2D eigenvalue weighted by atomic mass is 10.1. The minimum atomic E-state index is -0.389. The first-order chi connectivity index (χ1) is 13.6. The molecule has 146 valence electrons. The lowest BCUT2D eigenvalue weighted by Gasteiger charge is -2.14. The topological polar surface area (TPSA) is 90.3 Å². The Bertz CT molecular complexity index is 984. The maximum absolute atomic E-state index is 12.8. The average molecular weight is 399 g/mol. The third-order valence-corrected chi connectivity index (χ3v) is 6.07. The molecule has 8 heteroatoms. The molecule has 0 radical (unpaired) electrons. The normalized spacial score (nSPS) is 17.1. The molecular formula is C20H21N3O4S. The molecule has 0 saturated carbocycles. The predicted molar refractivity (Wildman–Crippen MR) is 106 cm³/mol. The molecule has 0 bridgehead atoms. The molecule has 4 rings (SSSR count). The number of carbonyl (C=O) groups excluding carboxylic acids is 2. The molecule has 1 aromatic carbocycles. The van der Waals surface area contributed by atoms with Crippen LogP contribution in [0.2, 0.25) is 0 Å². The van der Waals surface area contributed by atoms with Crippen molar-refractivity contribution >= 4 is 29.3 Å². The molecule has 0 saturated heterocycles. The van der Waals surface area contributed by atoms with Gasteiger partial charge < -0.3 is 10.1 Å². The van der Waals surface area contributed by atoms with Crippen LogP contribution in [-0.4, -0.2) is 33.8 Å². The van der Waals surface area contributed by atoms with Crippen molar-refractivity contribution in [1.29, 1.82) is 0 Å². The molecule has 1 aliphatic carbocycles. The van der Waals surface area contributed by atoms with E-state index in [-0.39, 0.29) is 29.9 Å². The van der Waals surface area contributed by atoms with Gasteiger partial charge in [0.15, 0.2) is 5.16 Å². The number of thioether (sulfide) groups is 1. The van der Waals surface area contributed by atoms with E-state index in [1.165, 1.54) is 11.8 Å². The highest BCUT2D eigenvalue weighted by Crippen LogP contribution is 2.34. The van der Waals surface area contributed by atoms with Crippen molar-refractivity contribution < 1.29 is 14.3 Å². The Kier molecular flexibility index (Phi) is 5.21. The van der Waals surface area contributed by atoms with Gasteiger partial charge in [0.25, 0.3) is 5.56 Å². The van der Waals surface area contributed by atoms with E-state index in [0.717, 1.165) is 35.7 Å². The van der Waals surface area contributed by atoms with E-state index in [1.807, 2.05) is 0 Å². The standard InChI is InChI=1S/C20H21N3O4S/c1-2-27-19(26)12-6-8-13(9-7-12)21-17(24)10-14-11-28-20-22-16-5-3-4-15(16)18(25)23(14)20/h6-9,14H,2-5,10-11H2,1H3,(H,21,24). The molecule has 2 aromatic rings.